The van der Waals surface area contributed by atoms with Crippen LogP contribution in [0.25, 0.3) is 0 Å². The zero-order valence-corrected chi connectivity index (χ0v) is 12.2. The lowest BCUT2D eigenvalue weighted by Crippen LogP contribution is -2.30. The zero-order chi connectivity index (χ0) is 14.6. The molecule has 0 aliphatic heterocycles. The molecule has 1 N–H and O–H groups in total. The van der Waals surface area contributed by atoms with Gasteiger partial charge in [-0.05, 0) is 6.92 Å². The molecule has 0 radical (unpaired) electrons. The molecule has 1 aromatic heterocycles. The van der Waals surface area contributed by atoms with Gasteiger partial charge in [-0.15, -0.1) is 0 Å². The fourth-order valence-corrected chi connectivity index (χ4v) is 2.38. The van der Waals surface area contributed by atoms with Crippen LogP contribution in [0.1, 0.15) is 18.2 Å². The van der Waals surface area contributed by atoms with Gasteiger partial charge < -0.3 is 15.0 Å². The highest BCUT2D eigenvalue weighted by Gasteiger charge is 2.29. The van der Waals surface area contributed by atoms with Gasteiger partial charge in [0, 0.05) is 26.7 Å². The van der Waals surface area contributed by atoms with E-state index in [9.17, 15) is 13.2 Å². The molecule has 0 aliphatic rings. The monoisotopic (exact) mass is 297 g/mol. The second kappa shape index (κ2) is 6.42. The maximum Gasteiger partial charge on any atom is 0.390 e. The summed E-state index contributed by atoms with van der Waals surface area (Å²) in [7, 11) is 5.20. The van der Waals surface area contributed by atoms with Gasteiger partial charge in [0.05, 0.1) is 18.4 Å². The molecule has 1 heterocycles. The van der Waals surface area contributed by atoms with Gasteiger partial charge in [-0.2, -0.15) is 18.2 Å². The summed E-state index contributed by atoms with van der Waals surface area (Å²) in [6, 6.07) is -0.644. The first-order chi connectivity index (χ1) is 8.73. The summed E-state index contributed by atoms with van der Waals surface area (Å²) >= 11 is 1.40. The summed E-state index contributed by atoms with van der Waals surface area (Å²) in [5.41, 5.74) is 0. The van der Waals surface area contributed by atoms with E-state index in [2.05, 4.69) is 10.3 Å². The molecule has 1 aromatic rings. The first kappa shape index (κ1) is 16.0. The molecule has 0 aromatic carbocycles. The summed E-state index contributed by atoms with van der Waals surface area (Å²) in [5, 5.41) is 3.60. The number of rotatable bonds is 6. The molecule has 19 heavy (non-hydrogen) atoms. The molecular weight excluding hydrogens is 279 g/mol. The van der Waals surface area contributed by atoms with E-state index in [4.69, 9.17) is 4.74 Å². The van der Waals surface area contributed by atoms with Crippen LogP contribution in [-0.4, -0.2) is 38.4 Å². The van der Waals surface area contributed by atoms with Crippen molar-refractivity contribution in [2.45, 2.75) is 32.1 Å². The van der Waals surface area contributed by atoms with Gasteiger partial charge in [0.1, 0.15) is 0 Å². The van der Waals surface area contributed by atoms with Crippen molar-refractivity contribution in [1.82, 2.24) is 10.3 Å². The Bertz CT molecular complexity index is 406. The van der Waals surface area contributed by atoms with Crippen LogP contribution >= 0.6 is 11.3 Å². The van der Waals surface area contributed by atoms with E-state index in [0.717, 1.165) is 10.0 Å². The molecule has 0 spiro atoms. The SMILES string of the molecule is COc1nc(N(C)C)sc1CNC(C)CC(F)(F)F. The third-order valence-corrected chi connectivity index (χ3v) is 3.58. The van der Waals surface area contributed by atoms with Gasteiger partial charge in [-0.3, -0.25) is 0 Å². The van der Waals surface area contributed by atoms with Crippen molar-refractivity contribution in [2.75, 3.05) is 26.1 Å². The highest BCUT2D eigenvalue weighted by molar-refractivity contribution is 7.15. The van der Waals surface area contributed by atoms with Crippen LogP contribution in [0.5, 0.6) is 5.88 Å². The molecule has 4 nitrogen and oxygen atoms in total. The number of anilines is 1. The predicted octanol–water partition coefficient (Wildman–Crippen LogP) is 2.65. The molecular formula is C11H18F3N3OS. The predicted molar refractivity (Wildman–Crippen MR) is 70.0 cm³/mol. The number of nitrogens with one attached hydrogen (secondary N) is 1. The summed E-state index contributed by atoms with van der Waals surface area (Å²) in [6.07, 6.45) is -5.01. The molecule has 1 unspecified atom stereocenters. The van der Waals surface area contributed by atoms with Crippen LogP contribution in [0.3, 0.4) is 0 Å². The summed E-state index contributed by atoms with van der Waals surface area (Å²) < 4.78 is 41.7. The maximum atomic E-state index is 12.2. The van der Waals surface area contributed by atoms with Crippen molar-refractivity contribution >= 4 is 16.5 Å². The van der Waals surface area contributed by atoms with Crippen molar-refractivity contribution < 1.29 is 17.9 Å². The minimum Gasteiger partial charge on any atom is -0.480 e. The van der Waals surface area contributed by atoms with Crippen LogP contribution in [0.15, 0.2) is 0 Å². The van der Waals surface area contributed by atoms with E-state index < -0.39 is 18.6 Å². The molecule has 1 atom stereocenters. The van der Waals surface area contributed by atoms with Gasteiger partial charge in [0.15, 0.2) is 5.13 Å². The molecule has 1 rings (SSSR count). The lowest BCUT2D eigenvalue weighted by molar-refractivity contribution is -0.139. The highest BCUT2D eigenvalue weighted by atomic mass is 32.1. The second-order valence-electron chi connectivity index (χ2n) is 4.42. The fraction of sp³-hybridized carbons (Fsp3) is 0.727. The largest absolute Gasteiger partial charge is 0.480 e. The number of thiazole rings is 1. The lowest BCUT2D eigenvalue weighted by atomic mass is 10.2. The third kappa shape index (κ3) is 5.23. The Balaban J connectivity index is 2.62. The van der Waals surface area contributed by atoms with Crippen molar-refractivity contribution in [3.8, 4) is 5.88 Å². The Morgan fingerprint density at radius 3 is 2.53 bits per heavy atom. The molecule has 110 valence electrons. The maximum absolute atomic E-state index is 12.2. The first-order valence-electron chi connectivity index (χ1n) is 5.74. The van der Waals surface area contributed by atoms with Gasteiger partial charge in [-0.25, -0.2) is 0 Å². The minimum atomic E-state index is -4.15. The Morgan fingerprint density at radius 2 is 2.05 bits per heavy atom. The van der Waals surface area contributed by atoms with Gasteiger partial charge in [0.2, 0.25) is 5.88 Å². The lowest BCUT2D eigenvalue weighted by Gasteiger charge is -2.15. The Morgan fingerprint density at radius 1 is 1.42 bits per heavy atom. The highest BCUT2D eigenvalue weighted by Crippen LogP contribution is 2.30. The smallest absolute Gasteiger partial charge is 0.390 e. The van der Waals surface area contributed by atoms with Crippen molar-refractivity contribution in [2.24, 2.45) is 0 Å². The topological polar surface area (TPSA) is 37.4 Å². The number of hydrogen-bond donors (Lipinski definition) is 1. The van der Waals surface area contributed by atoms with Crippen molar-refractivity contribution in [3.63, 3.8) is 0 Å². The third-order valence-electron chi connectivity index (χ3n) is 2.37. The Labute approximate surface area is 114 Å². The second-order valence-corrected chi connectivity index (χ2v) is 5.49. The summed E-state index contributed by atoms with van der Waals surface area (Å²) in [5.74, 6) is 0.459. The normalized spacial score (nSPS) is 13.4. The van der Waals surface area contributed by atoms with Crippen LogP contribution in [0.4, 0.5) is 18.3 Å². The van der Waals surface area contributed by atoms with E-state index in [1.165, 1.54) is 25.4 Å². The average molecular weight is 297 g/mol. The van der Waals surface area contributed by atoms with Crippen molar-refractivity contribution in [1.29, 1.82) is 0 Å². The summed E-state index contributed by atoms with van der Waals surface area (Å²) in [4.78, 5) is 6.86. The van der Waals surface area contributed by atoms with Gasteiger partial charge in [0.25, 0.3) is 0 Å². The zero-order valence-electron chi connectivity index (χ0n) is 11.3. The number of aromatic nitrogens is 1. The van der Waals surface area contributed by atoms with Gasteiger partial charge in [-0.1, -0.05) is 11.3 Å². The fourth-order valence-electron chi connectivity index (χ4n) is 1.47. The number of alkyl halides is 3. The molecule has 0 amide bonds. The van der Waals surface area contributed by atoms with E-state index in [1.54, 1.807) is 0 Å². The Hall–Kier alpha value is -1.02. The standard InChI is InChI=1S/C11H18F3N3OS/c1-7(5-11(12,13)14)15-6-8-9(18-4)16-10(19-8)17(2)3/h7,15H,5-6H2,1-4H3. The summed E-state index contributed by atoms with van der Waals surface area (Å²) in [6.45, 7) is 1.82. The molecule has 8 heteroatoms. The quantitative estimate of drug-likeness (QED) is 0.876. The van der Waals surface area contributed by atoms with E-state index >= 15 is 0 Å². The van der Waals surface area contributed by atoms with Crippen LogP contribution in [0.2, 0.25) is 0 Å². The van der Waals surface area contributed by atoms with Gasteiger partial charge >= 0.3 is 6.18 Å². The minimum absolute atomic E-state index is 0.311. The van der Waals surface area contributed by atoms with E-state index in [1.807, 2.05) is 19.0 Å². The Kier molecular flexibility index (Phi) is 5.42. The molecule has 0 bridgehead atoms. The molecule has 0 saturated carbocycles. The van der Waals surface area contributed by atoms with Crippen LogP contribution in [0, 0.1) is 0 Å². The molecule has 0 saturated heterocycles. The van der Waals surface area contributed by atoms with Crippen LogP contribution < -0.4 is 15.0 Å². The number of halogens is 3. The number of hydrogen-bond acceptors (Lipinski definition) is 5. The first-order valence-corrected chi connectivity index (χ1v) is 6.55. The average Bonchev–Trinajstić information content (AvgIpc) is 2.67. The van der Waals surface area contributed by atoms with Crippen molar-refractivity contribution in [3.05, 3.63) is 4.88 Å². The molecule has 0 aliphatic carbocycles. The molecule has 0 fully saturated rings. The number of methoxy groups -OCH3 is 1. The number of nitrogens with zero attached hydrogens (tertiary/aromatic N) is 2. The number of ether oxygens (including phenoxy) is 1. The van der Waals surface area contributed by atoms with Crippen LogP contribution in [-0.2, 0) is 6.54 Å². The van der Waals surface area contributed by atoms with E-state index in [0.29, 0.717) is 12.4 Å². The van der Waals surface area contributed by atoms with E-state index in [-0.39, 0.29) is 0 Å².